The standard InChI is InChI=1S/C16H34OSi/c1-7-12-14-15(6)16(13-8-2)17-18(9-3,10-4)11-5/h8,15-16H,2,7,9-14H2,1,3-6H3/t15-,16+/m0/s1. The van der Waals surface area contributed by atoms with Gasteiger partial charge in [0.15, 0.2) is 8.32 Å². The Hall–Kier alpha value is -0.0831. The predicted octanol–water partition coefficient (Wildman–Crippen LogP) is 5.78. The molecule has 0 saturated carbocycles. The van der Waals surface area contributed by atoms with Gasteiger partial charge in [-0.05, 0) is 36.9 Å². The molecule has 2 heteroatoms. The van der Waals surface area contributed by atoms with E-state index in [0.717, 1.165) is 6.42 Å². The zero-order valence-electron chi connectivity index (χ0n) is 13.3. The Labute approximate surface area is 116 Å². The topological polar surface area (TPSA) is 9.23 Å². The van der Waals surface area contributed by atoms with E-state index in [1.165, 1.54) is 37.4 Å². The van der Waals surface area contributed by atoms with Gasteiger partial charge in [0.2, 0.25) is 0 Å². The summed E-state index contributed by atoms with van der Waals surface area (Å²) in [6.07, 6.45) is 7.34. The van der Waals surface area contributed by atoms with Crippen molar-refractivity contribution in [3.05, 3.63) is 12.7 Å². The molecule has 0 radical (unpaired) electrons. The van der Waals surface area contributed by atoms with Crippen LogP contribution in [0.15, 0.2) is 12.7 Å². The van der Waals surface area contributed by atoms with E-state index in [9.17, 15) is 0 Å². The van der Waals surface area contributed by atoms with E-state index in [1.54, 1.807) is 0 Å². The van der Waals surface area contributed by atoms with Gasteiger partial charge in [-0.2, -0.15) is 0 Å². The highest BCUT2D eigenvalue weighted by Gasteiger charge is 2.33. The van der Waals surface area contributed by atoms with Gasteiger partial charge in [-0.15, -0.1) is 6.58 Å². The average Bonchev–Trinajstić information content (AvgIpc) is 2.41. The summed E-state index contributed by atoms with van der Waals surface area (Å²) in [4.78, 5) is 0. The summed E-state index contributed by atoms with van der Waals surface area (Å²) in [6, 6.07) is 3.73. The van der Waals surface area contributed by atoms with Crippen LogP contribution in [0.3, 0.4) is 0 Å². The largest absolute Gasteiger partial charge is 0.413 e. The first kappa shape index (κ1) is 17.9. The molecule has 0 aliphatic rings. The summed E-state index contributed by atoms with van der Waals surface area (Å²) in [7, 11) is -1.47. The fraction of sp³-hybridized carbons (Fsp3) is 0.875. The average molecular weight is 271 g/mol. The molecule has 1 nitrogen and oxygen atoms in total. The first-order chi connectivity index (χ1) is 8.59. The van der Waals surface area contributed by atoms with Gasteiger partial charge in [-0.3, -0.25) is 0 Å². The van der Waals surface area contributed by atoms with Gasteiger partial charge in [0.1, 0.15) is 0 Å². The van der Waals surface area contributed by atoms with Gasteiger partial charge < -0.3 is 4.43 Å². The van der Waals surface area contributed by atoms with Crippen LogP contribution in [0.4, 0.5) is 0 Å². The van der Waals surface area contributed by atoms with E-state index in [4.69, 9.17) is 4.43 Å². The van der Waals surface area contributed by atoms with Gasteiger partial charge in [-0.1, -0.05) is 53.5 Å². The quantitative estimate of drug-likeness (QED) is 0.341. The molecule has 108 valence electrons. The summed E-state index contributed by atoms with van der Waals surface area (Å²) < 4.78 is 6.65. The Morgan fingerprint density at radius 2 is 1.67 bits per heavy atom. The van der Waals surface area contributed by atoms with Crippen LogP contribution in [-0.4, -0.2) is 14.4 Å². The van der Waals surface area contributed by atoms with E-state index < -0.39 is 8.32 Å². The zero-order chi connectivity index (χ0) is 14.0. The molecule has 18 heavy (non-hydrogen) atoms. The highest BCUT2D eigenvalue weighted by molar-refractivity contribution is 6.73. The second-order valence-corrected chi connectivity index (χ2v) is 10.3. The highest BCUT2D eigenvalue weighted by Crippen LogP contribution is 2.28. The first-order valence-electron chi connectivity index (χ1n) is 7.87. The van der Waals surface area contributed by atoms with Gasteiger partial charge in [0.05, 0.1) is 6.10 Å². The van der Waals surface area contributed by atoms with Crippen molar-refractivity contribution in [1.82, 2.24) is 0 Å². The fourth-order valence-corrected chi connectivity index (χ4v) is 5.56. The van der Waals surface area contributed by atoms with E-state index in [0.29, 0.717) is 12.0 Å². The Balaban J connectivity index is 4.62. The summed E-state index contributed by atoms with van der Waals surface area (Å²) in [5, 5.41) is 0. The number of rotatable bonds is 11. The summed E-state index contributed by atoms with van der Waals surface area (Å²) >= 11 is 0. The lowest BCUT2D eigenvalue weighted by Gasteiger charge is -2.35. The molecule has 0 aromatic carbocycles. The third-order valence-electron chi connectivity index (χ3n) is 4.38. The van der Waals surface area contributed by atoms with Crippen molar-refractivity contribution < 1.29 is 4.43 Å². The Morgan fingerprint density at radius 1 is 1.11 bits per heavy atom. The Bertz CT molecular complexity index is 203. The number of hydrogen-bond acceptors (Lipinski definition) is 1. The van der Waals surface area contributed by atoms with Crippen molar-refractivity contribution in [3.8, 4) is 0 Å². The minimum Gasteiger partial charge on any atom is -0.413 e. The zero-order valence-corrected chi connectivity index (χ0v) is 14.3. The van der Waals surface area contributed by atoms with Gasteiger partial charge in [0, 0.05) is 0 Å². The molecule has 0 aromatic rings. The van der Waals surface area contributed by atoms with Crippen molar-refractivity contribution in [2.24, 2.45) is 5.92 Å². The third kappa shape index (κ3) is 5.70. The summed E-state index contributed by atoms with van der Waals surface area (Å²) in [5.74, 6) is 0.666. The molecule has 0 heterocycles. The van der Waals surface area contributed by atoms with Crippen LogP contribution in [0, 0.1) is 5.92 Å². The summed E-state index contributed by atoms with van der Waals surface area (Å²) in [5.41, 5.74) is 0. The molecule has 0 rings (SSSR count). The molecule has 0 aliphatic carbocycles. The van der Waals surface area contributed by atoms with Crippen molar-refractivity contribution in [3.63, 3.8) is 0 Å². The van der Waals surface area contributed by atoms with Crippen LogP contribution >= 0.6 is 0 Å². The molecular formula is C16H34OSi. The Morgan fingerprint density at radius 3 is 2.06 bits per heavy atom. The van der Waals surface area contributed by atoms with Crippen LogP contribution in [0.2, 0.25) is 18.1 Å². The van der Waals surface area contributed by atoms with Gasteiger partial charge >= 0.3 is 0 Å². The maximum absolute atomic E-state index is 6.65. The van der Waals surface area contributed by atoms with Crippen LogP contribution in [0.1, 0.15) is 60.3 Å². The van der Waals surface area contributed by atoms with Crippen molar-refractivity contribution in [2.75, 3.05) is 0 Å². The lowest BCUT2D eigenvalue weighted by Crippen LogP contribution is -2.41. The van der Waals surface area contributed by atoms with Gasteiger partial charge in [-0.25, -0.2) is 0 Å². The van der Waals surface area contributed by atoms with Crippen LogP contribution in [-0.2, 0) is 4.43 Å². The first-order valence-corrected chi connectivity index (χ1v) is 10.4. The number of hydrogen-bond donors (Lipinski definition) is 0. The van der Waals surface area contributed by atoms with Crippen LogP contribution in [0.5, 0.6) is 0 Å². The molecule has 0 aliphatic heterocycles. The minimum absolute atomic E-state index is 0.403. The molecule has 0 N–H and O–H groups in total. The molecule has 0 saturated heterocycles. The number of unbranched alkanes of at least 4 members (excludes halogenated alkanes) is 1. The lowest BCUT2D eigenvalue weighted by molar-refractivity contribution is 0.125. The minimum atomic E-state index is -1.47. The highest BCUT2D eigenvalue weighted by atomic mass is 28.4. The van der Waals surface area contributed by atoms with E-state index in [1.807, 2.05) is 6.08 Å². The van der Waals surface area contributed by atoms with Crippen molar-refractivity contribution in [2.45, 2.75) is 84.5 Å². The van der Waals surface area contributed by atoms with Crippen molar-refractivity contribution in [1.29, 1.82) is 0 Å². The molecule has 0 fully saturated rings. The SMILES string of the molecule is C=CC[C@@H](O[Si](CC)(CC)CC)[C@@H](C)CCCC. The van der Waals surface area contributed by atoms with E-state index in [2.05, 4.69) is 41.2 Å². The third-order valence-corrected chi connectivity index (χ3v) is 9.05. The van der Waals surface area contributed by atoms with Crippen LogP contribution in [0.25, 0.3) is 0 Å². The smallest absolute Gasteiger partial charge is 0.192 e. The van der Waals surface area contributed by atoms with E-state index >= 15 is 0 Å². The molecule has 0 aromatic heterocycles. The molecule has 0 bridgehead atoms. The summed E-state index contributed by atoms with van der Waals surface area (Å²) in [6.45, 7) is 15.4. The van der Waals surface area contributed by atoms with Gasteiger partial charge in [0.25, 0.3) is 0 Å². The van der Waals surface area contributed by atoms with E-state index in [-0.39, 0.29) is 0 Å². The molecular weight excluding hydrogens is 236 g/mol. The molecule has 2 atom stereocenters. The predicted molar refractivity (Wildman–Crippen MR) is 85.6 cm³/mol. The lowest BCUT2D eigenvalue weighted by atomic mass is 9.96. The molecule has 0 unspecified atom stereocenters. The second kappa shape index (κ2) is 9.80. The maximum Gasteiger partial charge on any atom is 0.192 e. The second-order valence-electron chi connectivity index (χ2n) is 5.54. The monoisotopic (exact) mass is 270 g/mol. The molecule has 0 amide bonds. The Kier molecular flexibility index (Phi) is 9.75. The normalized spacial score (nSPS) is 15.4. The van der Waals surface area contributed by atoms with Crippen LogP contribution < -0.4 is 0 Å². The molecule has 0 spiro atoms. The van der Waals surface area contributed by atoms with Crippen molar-refractivity contribution >= 4 is 8.32 Å². The maximum atomic E-state index is 6.65. The fourth-order valence-electron chi connectivity index (χ4n) is 2.59.